The molecule has 0 fully saturated rings. The topological polar surface area (TPSA) is 56.8 Å². The first-order valence-corrected chi connectivity index (χ1v) is 5.60. The van der Waals surface area contributed by atoms with Gasteiger partial charge >= 0.3 is 0 Å². The van der Waals surface area contributed by atoms with Crippen LogP contribution in [0.1, 0.15) is 13.8 Å². The van der Waals surface area contributed by atoms with Gasteiger partial charge < -0.3 is 19.5 Å². The van der Waals surface area contributed by atoms with E-state index in [-0.39, 0.29) is 11.8 Å². The summed E-state index contributed by atoms with van der Waals surface area (Å²) in [5.41, 5.74) is 0. The first-order chi connectivity index (χ1) is 7.68. The zero-order valence-electron chi connectivity index (χ0n) is 10.5. The molecule has 0 bridgehead atoms. The van der Waals surface area contributed by atoms with Crippen molar-refractivity contribution >= 4 is 5.91 Å². The fraction of sp³-hybridized carbons (Fsp3) is 0.909. The average molecular weight is 233 g/mol. The second kappa shape index (κ2) is 10.9. The Kier molecular flexibility index (Phi) is 10.4. The summed E-state index contributed by atoms with van der Waals surface area (Å²) in [6.07, 6.45) is 0. The van der Waals surface area contributed by atoms with E-state index in [0.717, 1.165) is 0 Å². The molecule has 0 unspecified atom stereocenters. The van der Waals surface area contributed by atoms with E-state index in [9.17, 15) is 4.79 Å². The maximum absolute atomic E-state index is 11.1. The zero-order chi connectivity index (χ0) is 12.2. The maximum Gasteiger partial charge on any atom is 0.222 e. The van der Waals surface area contributed by atoms with Crippen molar-refractivity contribution < 1.29 is 19.0 Å². The summed E-state index contributed by atoms with van der Waals surface area (Å²) in [5.74, 6) is 0.0809. The Morgan fingerprint density at radius 3 is 2.19 bits per heavy atom. The van der Waals surface area contributed by atoms with E-state index >= 15 is 0 Å². The Labute approximate surface area is 97.4 Å². The van der Waals surface area contributed by atoms with Crippen LogP contribution in [-0.2, 0) is 19.0 Å². The van der Waals surface area contributed by atoms with Crippen molar-refractivity contribution in [3.05, 3.63) is 0 Å². The van der Waals surface area contributed by atoms with Gasteiger partial charge in [0.2, 0.25) is 5.91 Å². The first-order valence-electron chi connectivity index (χ1n) is 5.60. The minimum Gasteiger partial charge on any atom is -0.382 e. The third-order valence-electron chi connectivity index (χ3n) is 1.87. The number of hydrogen-bond acceptors (Lipinski definition) is 4. The average Bonchev–Trinajstić information content (AvgIpc) is 2.26. The highest BCUT2D eigenvalue weighted by Gasteiger charge is 2.04. The number of carbonyl (C=O) groups is 1. The molecular weight excluding hydrogens is 210 g/mol. The molecule has 1 N–H and O–H groups in total. The molecule has 0 saturated heterocycles. The van der Waals surface area contributed by atoms with E-state index in [1.54, 1.807) is 7.11 Å². The minimum absolute atomic E-state index is 0.0253. The maximum atomic E-state index is 11.1. The molecule has 1 amide bonds. The molecule has 0 aromatic rings. The van der Waals surface area contributed by atoms with Crippen molar-refractivity contribution in [1.29, 1.82) is 0 Å². The molecular formula is C11H23NO4. The van der Waals surface area contributed by atoms with Crippen LogP contribution in [0.4, 0.5) is 0 Å². The number of rotatable bonds is 10. The van der Waals surface area contributed by atoms with Crippen molar-refractivity contribution in [3.63, 3.8) is 0 Å². The highest BCUT2D eigenvalue weighted by molar-refractivity contribution is 5.77. The van der Waals surface area contributed by atoms with E-state index in [1.165, 1.54) is 0 Å². The monoisotopic (exact) mass is 233 g/mol. The lowest BCUT2D eigenvalue weighted by Crippen LogP contribution is -2.31. The standard InChI is InChI=1S/C11H23NO4/c1-10(2)11(13)12-4-5-15-8-9-16-7-6-14-3/h10H,4-9H2,1-3H3,(H,12,13). The molecule has 16 heavy (non-hydrogen) atoms. The van der Waals surface area contributed by atoms with Crippen LogP contribution < -0.4 is 5.32 Å². The number of methoxy groups -OCH3 is 1. The molecule has 5 nitrogen and oxygen atoms in total. The molecule has 0 aromatic heterocycles. The van der Waals surface area contributed by atoms with Gasteiger partial charge in [-0.2, -0.15) is 0 Å². The van der Waals surface area contributed by atoms with Crippen LogP contribution in [0.25, 0.3) is 0 Å². The number of hydrogen-bond donors (Lipinski definition) is 1. The number of amides is 1. The van der Waals surface area contributed by atoms with Gasteiger partial charge in [-0.1, -0.05) is 13.8 Å². The van der Waals surface area contributed by atoms with Gasteiger partial charge in [0.25, 0.3) is 0 Å². The molecule has 0 rings (SSSR count). The third kappa shape index (κ3) is 9.89. The van der Waals surface area contributed by atoms with E-state index in [2.05, 4.69) is 5.32 Å². The smallest absolute Gasteiger partial charge is 0.222 e. The van der Waals surface area contributed by atoms with Crippen LogP contribution >= 0.6 is 0 Å². The van der Waals surface area contributed by atoms with Gasteiger partial charge in [-0.3, -0.25) is 4.79 Å². The van der Waals surface area contributed by atoms with Crippen molar-refractivity contribution in [2.24, 2.45) is 5.92 Å². The van der Waals surface area contributed by atoms with Gasteiger partial charge in [-0.15, -0.1) is 0 Å². The second-order valence-electron chi connectivity index (χ2n) is 3.66. The van der Waals surface area contributed by atoms with Crippen LogP contribution in [0, 0.1) is 5.92 Å². The summed E-state index contributed by atoms with van der Waals surface area (Å²) < 4.78 is 15.3. The van der Waals surface area contributed by atoms with Crippen molar-refractivity contribution in [3.8, 4) is 0 Å². The van der Waals surface area contributed by atoms with E-state index < -0.39 is 0 Å². The predicted molar refractivity (Wildman–Crippen MR) is 61.4 cm³/mol. The first kappa shape index (κ1) is 15.3. The van der Waals surface area contributed by atoms with E-state index in [0.29, 0.717) is 39.6 Å². The van der Waals surface area contributed by atoms with Crippen molar-refractivity contribution in [2.45, 2.75) is 13.8 Å². The van der Waals surface area contributed by atoms with Gasteiger partial charge in [0.1, 0.15) is 0 Å². The SMILES string of the molecule is COCCOCCOCCNC(=O)C(C)C. The zero-order valence-corrected chi connectivity index (χ0v) is 10.5. The highest BCUT2D eigenvalue weighted by Crippen LogP contribution is 1.89. The molecule has 0 atom stereocenters. The van der Waals surface area contributed by atoms with E-state index in [4.69, 9.17) is 14.2 Å². The third-order valence-corrected chi connectivity index (χ3v) is 1.87. The Hall–Kier alpha value is -0.650. The normalized spacial score (nSPS) is 10.8. The molecule has 0 aliphatic heterocycles. The number of carbonyl (C=O) groups excluding carboxylic acids is 1. The summed E-state index contributed by atoms with van der Waals surface area (Å²) >= 11 is 0. The Morgan fingerprint density at radius 2 is 1.62 bits per heavy atom. The van der Waals surface area contributed by atoms with Gasteiger partial charge in [0.05, 0.1) is 33.0 Å². The minimum atomic E-state index is 0.0253. The lowest BCUT2D eigenvalue weighted by atomic mass is 10.2. The fourth-order valence-corrected chi connectivity index (χ4v) is 0.915. The highest BCUT2D eigenvalue weighted by atomic mass is 16.5. The number of ether oxygens (including phenoxy) is 3. The quantitative estimate of drug-likeness (QED) is 0.556. The summed E-state index contributed by atoms with van der Waals surface area (Å²) in [4.78, 5) is 11.1. The predicted octanol–water partition coefficient (Wildman–Crippen LogP) is 0.438. The van der Waals surface area contributed by atoms with Crippen LogP contribution in [0.2, 0.25) is 0 Å². The molecule has 0 radical (unpaired) electrons. The Bertz CT molecular complexity index is 173. The summed E-state index contributed by atoms with van der Waals surface area (Å²) in [6, 6.07) is 0. The van der Waals surface area contributed by atoms with E-state index in [1.807, 2.05) is 13.8 Å². The number of nitrogens with one attached hydrogen (secondary N) is 1. The van der Waals surface area contributed by atoms with Gasteiger partial charge in [0, 0.05) is 19.6 Å². The summed E-state index contributed by atoms with van der Waals surface area (Å²) in [7, 11) is 1.64. The van der Waals surface area contributed by atoms with Crippen LogP contribution in [-0.4, -0.2) is 52.6 Å². The molecule has 0 aromatic carbocycles. The molecule has 0 aliphatic rings. The molecule has 0 aliphatic carbocycles. The Morgan fingerprint density at radius 1 is 1.06 bits per heavy atom. The van der Waals surface area contributed by atoms with Crippen molar-refractivity contribution in [1.82, 2.24) is 5.32 Å². The second-order valence-corrected chi connectivity index (χ2v) is 3.66. The molecule has 0 spiro atoms. The van der Waals surface area contributed by atoms with Gasteiger partial charge in [-0.05, 0) is 0 Å². The van der Waals surface area contributed by atoms with Gasteiger partial charge in [0.15, 0.2) is 0 Å². The van der Waals surface area contributed by atoms with Crippen LogP contribution in [0.15, 0.2) is 0 Å². The molecule has 5 heteroatoms. The molecule has 0 saturated carbocycles. The lowest BCUT2D eigenvalue weighted by Gasteiger charge is -2.08. The molecule has 96 valence electrons. The lowest BCUT2D eigenvalue weighted by molar-refractivity contribution is -0.124. The Balaban J connectivity index is 3.07. The summed E-state index contributed by atoms with van der Waals surface area (Å²) in [6.45, 7) is 7.08. The fourth-order valence-electron chi connectivity index (χ4n) is 0.915. The van der Waals surface area contributed by atoms with Gasteiger partial charge in [-0.25, -0.2) is 0 Å². The summed E-state index contributed by atoms with van der Waals surface area (Å²) in [5, 5.41) is 2.77. The molecule has 0 heterocycles. The largest absolute Gasteiger partial charge is 0.382 e. The van der Waals surface area contributed by atoms with Crippen LogP contribution in [0.5, 0.6) is 0 Å². The van der Waals surface area contributed by atoms with Crippen molar-refractivity contribution in [2.75, 3.05) is 46.7 Å². The van der Waals surface area contributed by atoms with Crippen LogP contribution in [0.3, 0.4) is 0 Å².